The van der Waals surface area contributed by atoms with E-state index in [2.05, 4.69) is 0 Å². The summed E-state index contributed by atoms with van der Waals surface area (Å²) in [4.78, 5) is 26.7. The molecule has 1 N–H and O–H groups in total. The second-order valence-corrected chi connectivity index (χ2v) is 9.34. The van der Waals surface area contributed by atoms with Crippen LogP contribution < -0.4 is 14.4 Å². The van der Waals surface area contributed by atoms with Gasteiger partial charge in [0.1, 0.15) is 23.7 Å². The largest absolute Gasteiger partial charge is 0.497 e. The van der Waals surface area contributed by atoms with Gasteiger partial charge in [-0.3, -0.25) is 9.59 Å². The Kier molecular flexibility index (Phi) is 7.00. The number of carboxylic acids is 1. The van der Waals surface area contributed by atoms with E-state index >= 15 is 0 Å². The van der Waals surface area contributed by atoms with Crippen LogP contribution in [0.25, 0.3) is 0 Å². The molecule has 2 unspecified atom stereocenters. The Morgan fingerprint density at radius 2 is 1.84 bits per heavy atom. The Morgan fingerprint density at radius 1 is 1.12 bits per heavy atom. The Morgan fingerprint density at radius 3 is 2.44 bits per heavy atom. The van der Waals surface area contributed by atoms with Crippen molar-refractivity contribution in [3.05, 3.63) is 52.5 Å². The molecule has 7 nitrogen and oxygen atoms in total. The maximum Gasteiger partial charge on any atom is 0.306 e. The molecule has 8 heteroatoms. The molecule has 1 aliphatic heterocycles. The van der Waals surface area contributed by atoms with Crippen LogP contribution >= 0.6 is 11.6 Å². The molecule has 0 aromatic heterocycles. The molecule has 172 valence electrons. The number of fused-ring (bicyclic) bond motifs is 1. The number of carbonyl (C=O) groups is 2. The average Bonchev–Trinajstić information content (AvgIpc) is 2.82. The van der Waals surface area contributed by atoms with Gasteiger partial charge in [-0.05, 0) is 35.7 Å². The minimum atomic E-state index is -1.18. The average molecular weight is 462 g/mol. The lowest BCUT2D eigenvalue weighted by molar-refractivity contribution is -0.147. The fraction of sp³-hybridized carbons (Fsp3) is 0.417. The normalized spacial score (nSPS) is 18.7. The Bertz CT molecular complexity index is 1020. The highest BCUT2D eigenvalue weighted by Gasteiger charge is 2.39. The SMILES string of the molecule is COc1ccc(C2OC(CC(=O)O)C(=O)N(CC(C)(C)C)c3ccc(Cl)cc32)c(OC)c1. The zero-order valence-corrected chi connectivity index (χ0v) is 19.6. The highest BCUT2D eigenvalue weighted by molar-refractivity contribution is 6.30. The van der Waals surface area contributed by atoms with Crippen LogP contribution in [-0.2, 0) is 14.3 Å². The molecule has 2 aromatic rings. The first kappa shape index (κ1) is 23.9. The first-order valence-electron chi connectivity index (χ1n) is 10.2. The second-order valence-electron chi connectivity index (χ2n) is 8.90. The fourth-order valence-corrected chi connectivity index (χ4v) is 3.96. The van der Waals surface area contributed by atoms with Gasteiger partial charge in [0, 0.05) is 34.4 Å². The van der Waals surface area contributed by atoms with Crippen LogP contribution in [0, 0.1) is 5.41 Å². The number of anilines is 1. The molecule has 0 saturated heterocycles. The Balaban J connectivity index is 2.24. The van der Waals surface area contributed by atoms with Crippen molar-refractivity contribution in [1.82, 2.24) is 0 Å². The van der Waals surface area contributed by atoms with E-state index in [-0.39, 0.29) is 5.41 Å². The summed E-state index contributed by atoms with van der Waals surface area (Å²) < 4.78 is 17.1. The first-order valence-corrected chi connectivity index (χ1v) is 10.6. The van der Waals surface area contributed by atoms with Gasteiger partial charge >= 0.3 is 5.97 Å². The number of halogens is 1. The quantitative estimate of drug-likeness (QED) is 0.671. The van der Waals surface area contributed by atoms with Crippen LogP contribution in [0.15, 0.2) is 36.4 Å². The lowest BCUT2D eigenvalue weighted by Gasteiger charge is -2.31. The van der Waals surface area contributed by atoms with Gasteiger partial charge in [0.15, 0.2) is 0 Å². The number of nitrogens with zero attached hydrogens (tertiary/aromatic N) is 1. The van der Waals surface area contributed by atoms with Crippen LogP contribution in [0.4, 0.5) is 5.69 Å². The number of carboxylic acid groups (broad SMARTS) is 1. The number of rotatable bonds is 6. The van der Waals surface area contributed by atoms with Crippen molar-refractivity contribution in [2.75, 3.05) is 25.7 Å². The second kappa shape index (κ2) is 9.38. The summed E-state index contributed by atoms with van der Waals surface area (Å²) in [6.45, 7) is 6.42. The third-order valence-corrected chi connectivity index (χ3v) is 5.36. The van der Waals surface area contributed by atoms with Crippen molar-refractivity contribution in [3.63, 3.8) is 0 Å². The van der Waals surface area contributed by atoms with Gasteiger partial charge in [0.05, 0.1) is 20.6 Å². The van der Waals surface area contributed by atoms with E-state index in [1.807, 2.05) is 20.8 Å². The molecule has 1 amide bonds. The molecule has 2 aromatic carbocycles. The van der Waals surface area contributed by atoms with Gasteiger partial charge < -0.3 is 24.2 Å². The Labute approximate surface area is 192 Å². The van der Waals surface area contributed by atoms with Crippen molar-refractivity contribution in [2.24, 2.45) is 5.41 Å². The number of aliphatic carboxylic acids is 1. The minimum Gasteiger partial charge on any atom is -0.497 e. The van der Waals surface area contributed by atoms with Gasteiger partial charge in [-0.25, -0.2) is 0 Å². The smallest absolute Gasteiger partial charge is 0.306 e. The monoisotopic (exact) mass is 461 g/mol. The van der Waals surface area contributed by atoms with Crippen LogP contribution in [0.1, 0.15) is 44.4 Å². The molecule has 32 heavy (non-hydrogen) atoms. The summed E-state index contributed by atoms with van der Waals surface area (Å²) in [6.07, 6.45) is -2.42. The van der Waals surface area contributed by atoms with E-state index in [1.54, 1.807) is 48.4 Å². The summed E-state index contributed by atoms with van der Waals surface area (Å²) >= 11 is 6.34. The molecule has 2 atom stereocenters. The minimum absolute atomic E-state index is 0.238. The summed E-state index contributed by atoms with van der Waals surface area (Å²) in [5, 5.41) is 9.94. The summed E-state index contributed by atoms with van der Waals surface area (Å²) in [7, 11) is 3.08. The standard InChI is InChI=1S/C24H28ClNO6/c1-24(2,3)13-26-18-9-6-14(25)10-17(18)22(32-20(23(26)29)12-21(27)28)16-8-7-15(30-4)11-19(16)31-5/h6-11,20,22H,12-13H2,1-5H3,(H,27,28). The third kappa shape index (κ3) is 5.16. The van der Waals surface area contributed by atoms with Crippen molar-refractivity contribution in [2.45, 2.75) is 39.4 Å². The summed E-state index contributed by atoms with van der Waals surface area (Å²) in [5.41, 5.74) is 1.69. The highest BCUT2D eigenvalue weighted by atomic mass is 35.5. The summed E-state index contributed by atoms with van der Waals surface area (Å²) in [6, 6.07) is 10.5. The molecular formula is C24H28ClNO6. The molecule has 0 aliphatic carbocycles. The summed E-state index contributed by atoms with van der Waals surface area (Å²) in [5.74, 6) is -0.437. The predicted molar refractivity (Wildman–Crippen MR) is 122 cm³/mol. The maximum absolute atomic E-state index is 13.5. The van der Waals surface area contributed by atoms with Crippen LogP contribution in [0.2, 0.25) is 5.02 Å². The van der Waals surface area contributed by atoms with Crippen molar-refractivity contribution in [1.29, 1.82) is 0 Å². The van der Waals surface area contributed by atoms with E-state index in [0.29, 0.717) is 39.9 Å². The van der Waals surface area contributed by atoms with Gasteiger partial charge in [-0.15, -0.1) is 0 Å². The molecule has 0 saturated carbocycles. The van der Waals surface area contributed by atoms with Gasteiger partial charge in [-0.1, -0.05) is 32.4 Å². The number of methoxy groups -OCH3 is 2. The topological polar surface area (TPSA) is 85.3 Å². The van der Waals surface area contributed by atoms with E-state index in [0.717, 1.165) is 0 Å². The molecule has 1 heterocycles. The van der Waals surface area contributed by atoms with E-state index < -0.39 is 30.5 Å². The van der Waals surface area contributed by atoms with Crippen molar-refractivity contribution < 1.29 is 28.9 Å². The molecule has 0 radical (unpaired) electrons. The number of hydrogen-bond donors (Lipinski definition) is 1. The molecule has 0 fully saturated rings. The molecule has 0 bridgehead atoms. The van der Waals surface area contributed by atoms with Crippen LogP contribution in [0.3, 0.4) is 0 Å². The molecular weight excluding hydrogens is 434 g/mol. The number of ether oxygens (including phenoxy) is 3. The number of carbonyl (C=O) groups excluding carboxylic acids is 1. The van der Waals surface area contributed by atoms with E-state index in [4.69, 9.17) is 25.8 Å². The number of amides is 1. The Hall–Kier alpha value is -2.77. The highest BCUT2D eigenvalue weighted by Crippen LogP contribution is 2.44. The number of benzene rings is 2. The first-order chi connectivity index (χ1) is 15.0. The van der Waals surface area contributed by atoms with Crippen molar-refractivity contribution in [3.8, 4) is 11.5 Å². The van der Waals surface area contributed by atoms with Crippen LogP contribution in [0.5, 0.6) is 11.5 Å². The van der Waals surface area contributed by atoms with Crippen LogP contribution in [-0.4, -0.2) is 43.9 Å². The maximum atomic E-state index is 13.5. The van der Waals surface area contributed by atoms with E-state index in [9.17, 15) is 14.7 Å². The predicted octanol–water partition coefficient (Wildman–Crippen LogP) is 4.70. The van der Waals surface area contributed by atoms with Gasteiger partial charge in [0.2, 0.25) is 0 Å². The zero-order valence-electron chi connectivity index (χ0n) is 18.8. The number of hydrogen-bond acceptors (Lipinski definition) is 5. The molecule has 3 rings (SSSR count). The lowest BCUT2D eigenvalue weighted by Crippen LogP contribution is -2.44. The lowest BCUT2D eigenvalue weighted by atomic mass is 9.94. The van der Waals surface area contributed by atoms with Gasteiger partial charge in [0.25, 0.3) is 5.91 Å². The van der Waals surface area contributed by atoms with Crippen molar-refractivity contribution >= 4 is 29.2 Å². The van der Waals surface area contributed by atoms with E-state index in [1.165, 1.54) is 7.11 Å². The molecule has 1 aliphatic rings. The van der Waals surface area contributed by atoms with Gasteiger partial charge in [-0.2, -0.15) is 0 Å². The fourth-order valence-electron chi connectivity index (χ4n) is 3.78. The molecule has 0 spiro atoms. The third-order valence-electron chi connectivity index (χ3n) is 5.12. The zero-order chi connectivity index (χ0) is 23.6.